The third-order valence-corrected chi connectivity index (χ3v) is 5.52. The minimum atomic E-state index is -4.77. The second kappa shape index (κ2) is 7.58. The smallest absolute Gasteiger partial charge is 0.406 e. The van der Waals surface area contributed by atoms with E-state index >= 15 is 0 Å². The molecule has 0 aliphatic carbocycles. The monoisotopic (exact) mass is 421 g/mol. The van der Waals surface area contributed by atoms with Gasteiger partial charge in [0, 0.05) is 33.5 Å². The van der Waals surface area contributed by atoms with Crippen molar-refractivity contribution in [2.24, 2.45) is 0 Å². The summed E-state index contributed by atoms with van der Waals surface area (Å²) in [5.41, 5.74) is 1.04. The first-order chi connectivity index (χ1) is 12.2. The lowest BCUT2D eigenvalue weighted by atomic mass is 10.1. The van der Waals surface area contributed by atoms with E-state index in [1.807, 2.05) is 0 Å². The molecular formula is C17H12Cl2F3NO2S. The van der Waals surface area contributed by atoms with Crippen LogP contribution in [0.3, 0.4) is 0 Å². The van der Waals surface area contributed by atoms with E-state index in [0.717, 1.165) is 23.4 Å². The molecule has 3 nitrogen and oxygen atoms in total. The molecule has 0 N–H and O–H groups in total. The van der Waals surface area contributed by atoms with Crippen LogP contribution in [0.2, 0.25) is 10.0 Å². The SMILES string of the molecule is O=C(c1ccc(OC(F)(F)F)cc1)N1CCSC1c1ccc(Cl)cc1Cl. The fraction of sp³-hybridized carbons (Fsp3) is 0.235. The molecule has 1 unspecified atom stereocenters. The van der Waals surface area contributed by atoms with Gasteiger partial charge < -0.3 is 9.64 Å². The average Bonchev–Trinajstić information content (AvgIpc) is 3.02. The Labute approximate surface area is 162 Å². The fourth-order valence-electron chi connectivity index (χ4n) is 2.60. The van der Waals surface area contributed by atoms with Gasteiger partial charge in [0.1, 0.15) is 11.1 Å². The van der Waals surface area contributed by atoms with E-state index in [9.17, 15) is 18.0 Å². The molecule has 0 aromatic heterocycles. The Hall–Kier alpha value is -1.57. The van der Waals surface area contributed by atoms with Crippen molar-refractivity contribution in [1.29, 1.82) is 0 Å². The van der Waals surface area contributed by atoms with Crippen molar-refractivity contribution in [2.75, 3.05) is 12.3 Å². The molecule has 3 rings (SSSR count). The predicted octanol–water partition coefficient (Wildman–Crippen LogP) is 5.78. The van der Waals surface area contributed by atoms with Crippen LogP contribution in [0.4, 0.5) is 13.2 Å². The summed E-state index contributed by atoms with van der Waals surface area (Å²) in [7, 11) is 0. The van der Waals surface area contributed by atoms with Crippen LogP contribution in [0.15, 0.2) is 42.5 Å². The van der Waals surface area contributed by atoms with Crippen molar-refractivity contribution >= 4 is 40.9 Å². The van der Waals surface area contributed by atoms with Crippen LogP contribution < -0.4 is 4.74 Å². The molecule has 1 aliphatic rings. The van der Waals surface area contributed by atoms with Gasteiger partial charge in [-0.2, -0.15) is 0 Å². The van der Waals surface area contributed by atoms with E-state index in [1.54, 1.807) is 34.9 Å². The molecule has 26 heavy (non-hydrogen) atoms. The van der Waals surface area contributed by atoms with Gasteiger partial charge >= 0.3 is 6.36 Å². The number of hydrogen-bond donors (Lipinski definition) is 0. The minimum absolute atomic E-state index is 0.275. The lowest BCUT2D eigenvalue weighted by Crippen LogP contribution is -2.30. The first kappa shape index (κ1) is 19.2. The van der Waals surface area contributed by atoms with E-state index in [0.29, 0.717) is 16.6 Å². The molecule has 9 heteroatoms. The molecule has 0 bridgehead atoms. The number of hydrogen-bond acceptors (Lipinski definition) is 3. The topological polar surface area (TPSA) is 29.5 Å². The Balaban J connectivity index is 1.80. The standard InChI is InChI=1S/C17H12Cl2F3NO2S/c18-11-3-6-13(14(19)9-11)16-23(7-8-26-16)15(24)10-1-4-12(5-2-10)25-17(20,21)22/h1-6,9,16H,7-8H2. The van der Waals surface area contributed by atoms with Gasteiger partial charge in [0.2, 0.25) is 0 Å². The van der Waals surface area contributed by atoms with Crippen LogP contribution >= 0.6 is 35.0 Å². The maximum Gasteiger partial charge on any atom is 0.573 e. The number of alkyl halides is 3. The highest BCUT2D eigenvalue weighted by Crippen LogP contribution is 2.42. The third-order valence-electron chi connectivity index (χ3n) is 3.72. The Morgan fingerprint density at radius 3 is 2.46 bits per heavy atom. The molecule has 0 saturated carbocycles. The van der Waals surface area contributed by atoms with Gasteiger partial charge in [-0.3, -0.25) is 4.79 Å². The van der Waals surface area contributed by atoms with E-state index in [2.05, 4.69) is 4.74 Å². The number of amides is 1. The molecule has 0 radical (unpaired) electrons. The van der Waals surface area contributed by atoms with Crippen LogP contribution in [0, 0.1) is 0 Å². The van der Waals surface area contributed by atoms with Crippen molar-refractivity contribution in [1.82, 2.24) is 4.90 Å². The summed E-state index contributed by atoms with van der Waals surface area (Å²) in [6.07, 6.45) is -4.77. The van der Waals surface area contributed by atoms with Crippen molar-refractivity contribution in [3.05, 3.63) is 63.6 Å². The zero-order valence-corrected chi connectivity index (χ0v) is 15.4. The van der Waals surface area contributed by atoms with Crippen LogP contribution in [-0.2, 0) is 0 Å². The molecule has 1 atom stereocenters. The molecule has 1 heterocycles. The first-order valence-electron chi connectivity index (χ1n) is 7.48. The molecule has 1 fully saturated rings. The normalized spacial score (nSPS) is 17.4. The predicted molar refractivity (Wildman–Crippen MR) is 95.8 cm³/mol. The Morgan fingerprint density at radius 2 is 1.85 bits per heavy atom. The summed E-state index contributed by atoms with van der Waals surface area (Å²) in [6, 6.07) is 9.95. The van der Waals surface area contributed by atoms with Crippen LogP contribution in [0.5, 0.6) is 5.75 Å². The number of carbonyl (C=O) groups is 1. The minimum Gasteiger partial charge on any atom is -0.406 e. The number of benzene rings is 2. The van der Waals surface area contributed by atoms with Gasteiger partial charge in [-0.1, -0.05) is 29.3 Å². The van der Waals surface area contributed by atoms with Gasteiger partial charge in [-0.25, -0.2) is 0 Å². The van der Waals surface area contributed by atoms with Crippen molar-refractivity contribution < 1.29 is 22.7 Å². The summed E-state index contributed by atoms with van der Waals surface area (Å²) < 4.78 is 40.5. The van der Waals surface area contributed by atoms with Gasteiger partial charge in [0.15, 0.2) is 0 Å². The van der Waals surface area contributed by atoms with Gasteiger partial charge in [-0.05, 0) is 36.4 Å². The summed E-state index contributed by atoms with van der Waals surface area (Å²) in [4.78, 5) is 14.4. The van der Waals surface area contributed by atoms with Crippen LogP contribution in [0.1, 0.15) is 21.3 Å². The number of thioether (sulfide) groups is 1. The maximum atomic E-state index is 12.8. The second-order valence-corrected chi connectivity index (χ2v) is 7.49. The van der Waals surface area contributed by atoms with E-state index in [-0.39, 0.29) is 22.6 Å². The van der Waals surface area contributed by atoms with E-state index in [1.165, 1.54) is 12.1 Å². The van der Waals surface area contributed by atoms with Crippen LogP contribution in [0.25, 0.3) is 0 Å². The molecule has 2 aromatic carbocycles. The summed E-state index contributed by atoms with van der Waals surface area (Å²) in [5, 5.41) is 0.682. The second-order valence-electron chi connectivity index (χ2n) is 5.46. The largest absolute Gasteiger partial charge is 0.573 e. The van der Waals surface area contributed by atoms with Gasteiger partial charge in [0.05, 0.1) is 0 Å². The van der Waals surface area contributed by atoms with Gasteiger partial charge in [-0.15, -0.1) is 24.9 Å². The lowest BCUT2D eigenvalue weighted by molar-refractivity contribution is -0.274. The average molecular weight is 422 g/mol. The molecule has 1 aliphatic heterocycles. The maximum absolute atomic E-state index is 12.8. The summed E-state index contributed by atoms with van der Waals surface area (Å²) >= 11 is 13.7. The molecule has 1 amide bonds. The number of ether oxygens (including phenoxy) is 1. The van der Waals surface area contributed by atoms with Crippen molar-refractivity contribution in [3.63, 3.8) is 0 Å². The lowest BCUT2D eigenvalue weighted by Gasteiger charge is -2.25. The Morgan fingerprint density at radius 1 is 1.15 bits per heavy atom. The van der Waals surface area contributed by atoms with Crippen molar-refractivity contribution in [2.45, 2.75) is 11.7 Å². The van der Waals surface area contributed by atoms with E-state index in [4.69, 9.17) is 23.2 Å². The highest BCUT2D eigenvalue weighted by Gasteiger charge is 2.33. The first-order valence-corrected chi connectivity index (χ1v) is 9.28. The summed E-state index contributed by atoms with van der Waals surface area (Å²) in [5.74, 6) is 0.0664. The molecule has 2 aromatic rings. The zero-order valence-electron chi connectivity index (χ0n) is 13.1. The number of halogens is 5. The third kappa shape index (κ3) is 4.39. The zero-order chi connectivity index (χ0) is 18.9. The fourth-order valence-corrected chi connectivity index (χ4v) is 4.47. The van der Waals surface area contributed by atoms with Crippen molar-refractivity contribution in [3.8, 4) is 5.75 Å². The van der Waals surface area contributed by atoms with E-state index < -0.39 is 6.36 Å². The number of carbonyl (C=O) groups excluding carboxylic acids is 1. The molecule has 0 spiro atoms. The van der Waals surface area contributed by atoms with Gasteiger partial charge in [0.25, 0.3) is 5.91 Å². The molecular weight excluding hydrogens is 410 g/mol. The molecule has 138 valence electrons. The Kier molecular flexibility index (Phi) is 5.60. The highest BCUT2D eigenvalue weighted by molar-refractivity contribution is 7.99. The Bertz CT molecular complexity index is 815. The molecule has 1 saturated heterocycles. The van der Waals surface area contributed by atoms with Crippen LogP contribution in [-0.4, -0.2) is 29.5 Å². The highest BCUT2D eigenvalue weighted by atomic mass is 35.5. The quantitative estimate of drug-likeness (QED) is 0.628. The summed E-state index contributed by atoms with van der Waals surface area (Å²) in [6.45, 7) is 0.508. The number of rotatable bonds is 3. The number of nitrogens with zero attached hydrogens (tertiary/aromatic N) is 1.